The highest BCUT2D eigenvalue weighted by molar-refractivity contribution is 5.96. The molecule has 1 aliphatic carbocycles. The van der Waals surface area contributed by atoms with Gasteiger partial charge in [0.1, 0.15) is 18.0 Å². The molecular formula is C18H24N2O5. The van der Waals surface area contributed by atoms with Crippen LogP contribution in [0.25, 0.3) is 0 Å². The molecule has 0 bridgehead atoms. The number of ether oxygens (including phenoxy) is 2. The zero-order chi connectivity index (χ0) is 18.2. The molecule has 0 amide bonds. The van der Waals surface area contributed by atoms with Crippen molar-refractivity contribution in [1.29, 1.82) is 0 Å². The van der Waals surface area contributed by atoms with Crippen molar-refractivity contribution < 1.29 is 23.9 Å². The Hall–Kier alpha value is -2.31. The van der Waals surface area contributed by atoms with Gasteiger partial charge in [0.25, 0.3) is 0 Å². The van der Waals surface area contributed by atoms with Crippen LogP contribution in [-0.2, 0) is 19.1 Å². The number of aromatic nitrogens is 2. The lowest BCUT2D eigenvalue weighted by molar-refractivity contribution is -0.146. The summed E-state index contributed by atoms with van der Waals surface area (Å²) < 4.78 is 9.73. The van der Waals surface area contributed by atoms with Crippen LogP contribution in [-0.4, -0.2) is 40.9 Å². The summed E-state index contributed by atoms with van der Waals surface area (Å²) in [5.41, 5.74) is 0.337. The minimum absolute atomic E-state index is 0.0459. The first-order chi connectivity index (χ1) is 12.0. The van der Waals surface area contributed by atoms with E-state index in [2.05, 4.69) is 9.97 Å². The molecule has 1 aromatic rings. The van der Waals surface area contributed by atoms with Crippen molar-refractivity contribution in [3.8, 4) is 0 Å². The van der Waals surface area contributed by atoms with Crippen LogP contribution in [0, 0.1) is 5.92 Å². The van der Waals surface area contributed by atoms with E-state index in [1.807, 2.05) is 0 Å². The second-order valence-electron chi connectivity index (χ2n) is 6.05. The third-order valence-corrected chi connectivity index (χ3v) is 4.35. The molecule has 0 unspecified atom stereocenters. The molecule has 0 atom stereocenters. The van der Waals surface area contributed by atoms with Crippen LogP contribution in [0.15, 0.2) is 12.4 Å². The van der Waals surface area contributed by atoms with Crippen molar-refractivity contribution in [1.82, 2.24) is 9.97 Å². The number of esters is 2. The second kappa shape index (κ2) is 9.25. The Labute approximate surface area is 147 Å². The summed E-state index contributed by atoms with van der Waals surface area (Å²) in [5.74, 6) is -0.169. The first-order valence-corrected chi connectivity index (χ1v) is 8.72. The van der Waals surface area contributed by atoms with E-state index in [4.69, 9.17) is 9.47 Å². The Morgan fingerprint density at radius 2 is 1.60 bits per heavy atom. The van der Waals surface area contributed by atoms with Crippen LogP contribution in [0.4, 0.5) is 0 Å². The molecule has 0 aromatic carbocycles. The van der Waals surface area contributed by atoms with Crippen molar-refractivity contribution >= 4 is 17.7 Å². The number of hydrogen-bond donors (Lipinski definition) is 0. The standard InChI is InChI=1S/C18H24N2O5/c1-3-24-16(22)9-15(21)12-5-7-13(8-6-12)17-19-10-14(11-20-17)18(23)25-4-2/h10-13H,3-9H2,1-2H3. The predicted octanol–water partition coefficient (Wildman–Crippen LogP) is 2.45. The van der Waals surface area contributed by atoms with E-state index in [0.29, 0.717) is 30.8 Å². The molecule has 0 aliphatic heterocycles. The van der Waals surface area contributed by atoms with Gasteiger partial charge in [-0.05, 0) is 39.5 Å². The zero-order valence-electron chi connectivity index (χ0n) is 14.7. The van der Waals surface area contributed by atoms with E-state index in [9.17, 15) is 14.4 Å². The van der Waals surface area contributed by atoms with E-state index in [0.717, 1.165) is 12.8 Å². The molecular weight excluding hydrogens is 324 g/mol. The van der Waals surface area contributed by atoms with Gasteiger partial charge in [0.15, 0.2) is 0 Å². The topological polar surface area (TPSA) is 95.5 Å². The first kappa shape index (κ1) is 19.0. The predicted molar refractivity (Wildman–Crippen MR) is 88.9 cm³/mol. The van der Waals surface area contributed by atoms with Gasteiger partial charge < -0.3 is 9.47 Å². The van der Waals surface area contributed by atoms with Gasteiger partial charge in [0.2, 0.25) is 0 Å². The van der Waals surface area contributed by atoms with Gasteiger partial charge in [-0.3, -0.25) is 9.59 Å². The van der Waals surface area contributed by atoms with Gasteiger partial charge >= 0.3 is 11.9 Å². The van der Waals surface area contributed by atoms with Crippen molar-refractivity contribution in [3.63, 3.8) is 0 Å². The summed E-state index contributed by atoms with van der Waals surface area (Å²) in [5, 5.41) is 0. The van der Waals surface area contributed by atoms with Crippen LogP contribution in [0.5, 0.6) is 0 Å². The van der Waals surface area contributed by atoms with Gasteiger partial charge in [0.05, 0.1) is 18.8 Å². The smallest absolute Gasteiger partial charge is 0.341 e. The number of hydrogen-bond acceptors (Lipinski definition) is 7. The maximum absolute atomic E-state index is 12.1. The normalized spacial score (nSPS) is 19.9. The Kier molecular flexibility index (Phi) is 7.03. The first-order valence-electron chi connectivity index (χ1n) is 8.72. The maximum Gasteiger partial charge on any atom is 0.341 e. The van der Waals surface area contributed by atoms with Crippen molar-refractivity contribution in [3.05, 3.63) is 23.8 Å². The monoisotopic (exact) mass is 348 g/mol. The quantitative estimate of drug-likeness (QED) is 0.551. The third-order valence-electron chi connectivity index (χ3n) is 4.35. The van der Waals surface area contributed by atoms with E-state index in [-0.39, 0.29) is 30.6 Å². The summed E-state index contributed by atoms with van der Waals surface area (Å²) in [6.07, 6.45) is 5.83. The lowest BCUT2D eigenvalue weighted by Gasteiger charge is -2.26. The molecule has 1 aromatic heterocycles. The highest BCUT2D eigenvalue weighted by atomic mass is 16.5. The van der Waals surface area contributed by atoms with Crippen LogP contribution in [0.2, 0.25) is 0 Å². The molecule has 1 heterocycles. The van der Waals surface area contributed by atoms with Gasteiger partial charge in [-0.1, -0.05) is 0 Å². The lowest BCUT2D eigenvalue weighted by Crippen LogP contribution is -2.24. The fourth-order valence-corrected chi connectivity index (χ4v) is 3.04. The molecule has 0 N–H and O–H groups in total. The number of ketones is 1. The largest absolute Gasteiger partial charge is 0.466 e. The number of carbonyl (C=O) groups is 3. The summed E-state index contributed by atoms with van der Waals surface area (Å²) >= 11 is 0. The highest BCUT2D eigenvalue weighted by Gasteiger charge is 2.29. The highest BCUT2D eigenvalue weighted by Crippen LogP contribution is 2.35. The average molecular weight is 348 g/mol. The fourth-order valence-electron chi connectivity index (χ4n) is 3.04. The van der Waals surface area contributed by atoms with E-state index >= 15 is 0 Å². The average Bonchev–Trinajstić information content (AvgIpc) is 2.62. The maximum atomic E-state index is 12.1. The SMILES string of the molecule is CCOC(=O)CC(=O)C1CCC(c2ncc(C(=O)OCC)cn2)CC1. The van der Waals surface area contributed by atoms with Crippen LogP contribution >= 0.6 is 0 Å². The number of Topliss-reactive ketones (excluding diaryl/α,β-unsaturated/α-hetero) is 1. The summed E-state index contributed by atoms with van der Waals surface area (Å²) in [7, 11) is 0. The molecule has 0 spiro atoms. The van der Waals surface area contributed by atoms with Gasteiger partial charge in [-0.25, -0.2) is 14.8 Å². The van der Waals surface area contributed by atoms with Gasteiger partial charge in [-0.15, -0.1) is 0 Å². The molecule has 1 fully saturated rings. The second-order valence-corrected chi connectivity index (χ2v) is 6.05. The van der Waals surface area contributed by atoms with Crippen LogP contribution < -0.4 is 0 Å². The molecule has 2 rings (SSSR count). The number of carbonyl (C=O) groups excluding carboxylic acids is 3. The summed E-state index contributed by atoms with van der Waals surface area (Å²) in [6, 6.07) is 0. The molecule has 1 saturated carbocycles. The molecule has 0 radical (unpaired) electrons. The minimum Gasteiger partial charge on any atom is -0.466 e. The number of nitrogens with zero attached hydrogens (tertiary/aromatic N) is 2. The van der Waals surface area contributed by atoms with Crippen molar-refractivity contribution in [2.75, 3.05) is 13.2 Å². The Bertz CT molecular complexity index is 606. The Morgan fingerprint density at radius 1 is 1.00 bits per heavy atom. The third kappa shape index (κ3) is 5.34. The molecule has 7 heteroatoms. The molecule has 7 nitrogen and oxygen atoms in total. The molecule has 25 heavy (non-hydrogen) atoms. The molecule has 0 saturated heterocycles. The van der Waals surface area contributed by atoms with Crippen molar-refractivity contribution in [2.24, 2.45) is 5.92 Å². The zero-order valence-corrected chi connectivity index (χ0v) is 14.7. The lowest BCUT2D eigenvalue weighted by atomic mass is 9.79. The van der Waals surface area contributed by atoms with E-state index in [1.165, 1.54) is 12.4 Å². The number of rotatable bonds is 7. The van der Waals surface area contributed by atoms with Crippen molar-refractivity contribution in [2.45, 2.75) is 51.9 Å². The summed E-state index contributed by atoms with van der Waals surface area (Å²) in [6.45, 7) is 4.07. The minimum atomic E-state index is -0.451. The Morgan fingerprint density at radius 3 is 2.16 bits per heavy atom. The Balaban J connectivity index is 1.86. The van der Waals surface area contributed by atoms with Gasteiger partial charge in [-0.2, -0.15) is 0 Å². The molecule has 1 aliphatic rings. The fraction of sp³-hybridized carbons (Fsp3) is 0.611. The van der Waals surface area contributed by atoms with Crippen LogP contribution in [0.3, 0.4) is 0 Å². The molecule has 136 valence electrons. The van der Waals surface area contributed by atoms with Crippen LogP contribution in [0.1, 0.15) is 68.1 Å². The summed E-state index contributed by atoms with van der Waals surface area (Å²) in [4.78, 5) is 43.7. The van der Waals surface area contributed by atoms with E-state index in [1.54, 1.807) is 13.8 Å². The van der Waals surface area contributed by atoms with E-state index < -0.39 is 11.9 Å². The van der Waals surface area contributed by atoms with Gasteiger partial charge in [0, 0.05) is 24.2 Å².